The Labute approximate surface area is 150 Å². The number of alkyl halides is 3. The monoisotopic (exact) mass is 385 g/mol. The third-order valence-electron chi connectivity index (χ3n) is 3.49. The molecule has 1 aromatic heterocycles. The summed E-state index contributed by atoms with van der Waals surface area (Å²) in [6.07, 6.45) is -3.23. The highest BCUT2D eigenvalue weighted by atomic mass is 19.4. The fraction of sp³-hybridized carbons (Fsp3) is 0.250. The first-order valence-electron chi connectivity index (χ1n) is 7.55. The average molecular weight is 385 g/mol. The van der Waals surface area contributed by atoms with Gasteiger partial charge in [0.25, 0.3) is 5.69 Å². The van der Waals surface area contributed by atoms with Crippen molar-refractivity contribution in [1.29, 1.82) is 0 Å². The summed E-state index contributed by atoms with van der Waals surface area (Å²) in [5, 5.41) is 13.5. The minimum absolute atomic E-state index is 0.238. The molecule has 1 heterocycles. The number of carbonyl (C=O) groups excluding carboxylic acids is 2. The molecule has 0 aliphatic carbocycles. The number of carbonyl (C=O) groups is 2. The Balaban J connectivity index is 2.05. The van der Waals surface area contributed by atoms with Gasteiger partial charge < -0.3 is 15.0 Å². The van der Waals surface area contributed by atoms with E-state index in [-0.39, 0.29) is 11.4 Å². The SMILES string of the molecule is CC(Nc1ccc(C(F)(F)F)cc1[N+](=O)[O-])C(=O)OCC(=O)c1ccc[nH]1. The third kappa shape index (κ3) is 5.06. The van der Waals surface area contributed by atoms with Crippen molar-refractivity contribution in [2.75, 3.05) is 11.9 Å². The Morgan fingerprint density at radius 1 is 1.33 bits per heavy atom. The van der Waals surface area contributed by atoms with Crippen LogP contribution in [0.4, 0.5) is 24.5 Å². The molecule has 0 bridgehead atoms. The number of ether oxygens (including phenoxy) is 1. The molecule has 0 radical (unpaired) electrons. The Morgan fingerprint density at radius 3 is 2.59 bits per heavy atom. The van der Waals surface area contributed by atoms with E-state index in [4.69, 9.17) is 4.74 Å². The van der Waals surface area contributed by atoms with Crippen molar-refractivity contribution in [1.82, 2.24) is 4.98 Å². The highest BCUT2D eigenvalue weighted by Crippen LogP contribution is 2.35. The second kappa shape index (κ2) is 7.89. The molecule has 1 atom stereocenters. The number of nitrogens with one attached hydrogen (secondary N) is 2. The van der Waals surface area contributed by atoms with E-state index in [0.29, 0.717) is 12.1 Å². The van der Waals surface area contributed by atoms with Crippen molar-refractivity contribution in [3.8, 4) is 0 Å². The summed E-state index contributed by atoms with van der Waals surface area (Å²) in [5.74, 6) is -1.38. The standard InChI is InChI=1S/C16H14F3N3O5/c1-9(15(24)27-8-14(23)12-3-2-6-20-12)21-11-5-4-10(16(17,18)19)7-13(11)22(25)26/h2-7,9,20-21H,8H2,1H3. The number of nitrogens with zero attached hydrogens (tertiary/aromatic N) is 1. The lowest BCUT2D eigenvalue weighted by Crippen LogP contribution is -2.30. The number of hydrogen-bond donors (Lipinski definition) is 2. The second-order valence-electron chi connectivity index (χ2n) is 5.47. The van der Waals surface area contributed by atoms with E-state index in [1.807, 2.05) is 0 Å². The van der Waals surface area contributed by atoms with Gasteiger partial charge in [-0.15, -0.1) is 0 Å². The first-order valence-corrected chi connectivity index (χ1v) is 7.55. The van der Waals surface area contributed by atoms with Gasteiger partial charge in [0.15, 0.2) is 6.61 Å². The Kier molecular flexibility index (Phi) is 5.83. The Hall–Kier alpha value is -3.37. The molecule has 2 aromatic rings. The van der Waals surface area contributed by atoms with Crippen LogP contribution in [0.15, 0.2) is 36.5 Å². The van der Waals surface area contributed by atoms with Crippen molar-refractivity contribution in [2.24, 2.45) is 0 Å². The summed E-state index contributed by atoms with van der Waals surface area (Å²) < 4.78 is 42.9. The lowest BCUT2D eigenvalue weighted by molar-refractivity contribution is -0.384. The predicted octanol–water partition coefficient (Wildman–Crippen LogP) is 3.17. The molecule has 2 N–H and O–H groups in total. The van der Waals surface area contributed by atoms with Crippen LogP contribution in [0, 0.1) is 10.1 Å². The van der Waals surface area contributed by atoms with E-state index in [9.17, 15) is 32.9 Å². The van der Waals surface area contributed by atoms with Crippen molar-refractivity contribution in [3.63, 3.8) is 0 Å². The first kappa shape index (κ1) is 19.9. The lowest BCUT2D eigenvalue weighted by Gasteiger charge is -2.15. The van der Waals surface area contributed by atoms with Gasteiger partial charge >= 0.3 is 12.1 Å². The van der Waals surface area contributed by atoms with Crippen LogP contribution in [0.1, 0.15) is 23.0 Å². The number of esters is 1. The van der Waals surface area contributed by atoms with E-state index in [2.05, 4.69) is 10.3 Å². The molecule has 11 heteroatoms. The molecular formula is C16H14F3N3O5. The predicted molar refractivity (Wildman–Crippen MR) is 87.3 cm³/mol. The number of Topliss-reactive ketones (excluding diaryl/α,β-unsaturated/α-hetero) is 1. The van der Waals surface area contributed by atoms with Crippen molar-refractivity contribution in [2.45, 2.75) is 19.1 Å². The molecule has 0 aliphatic heterocycles. The number of anilines is 1. The van der Waals surface area contributed by atoms with Crippen LogP contribution in [0.5, 0.6) is 0 Å². The van der Waals surface area contributed by atoms with Crippen LogP contribution in [0.25, 0.3) is 0 Å². The molecule has 0 saturated carbocycles. The number of aromatic amines is 1. The minimum Gasteiger partial charge on any atom is -0.456 e. The van der Waals surface area contributed by atoms with Gasteiger partial charge in [-0.05, 0) is 31.2 Å². The minimum atomic E-state index is -4.74. The lowest BCUT2D eigenvalue weighted by atomic mass is 10.1. The normalized spacial score (nSPS) is 12.3. The van der Waals surface area contributed by atoms with E-state index in [1.54, 1.807) is 6.07 Å². The van der Waals surface area contributed by atoms with Crippen LogP contribution in [-0.2, 0) is 15.7 Å². The number of benzene rings is 1. The number of rotatable bonds is 7. The highest BCUT2D eigenvalue weighted by molar-refractivity contribution is 5.96. The van der Waals surface area contributed by atoms with Crippen LogP contribution >= 0.6 is 0 Å². The molecule has 0 saturated heterocycles. The molecule has 1 unspecified atom stereocenters. The number of nitro groups is 1. The molecule has 2 rings (SSSR count). The number of halogens is 3. The molecule has 144 valence electrons. The van der Waals surface area contributed by atoms with Crippen LogP contribution in [0.3, 0.4) is 0 Å². The summed E-state index contributed by atoms with van der Waals surface area (Å²) in [7, 11) is 0. The average Bonchev–Trinajstić information content (AvgIpc) is 3.13. The van der Waals surface area contributed by atoms with E-state index in [0.717, 1.165) is 6.07 Å². The van der Waals surface area contributed by atoms with Gasteiger partial charge in [-0.3, -0.25) is 14.9 Å². The van der Waals surface area contributed by atoms with Gasteiger partial charge in [0.1, 0.15) is 11.7 Å². The summed E-state index contributed by atoms with van der Waals surface area (Å²) >= 11 is 0. The van der Waals surface area contributed by atoms with Crippen molar-refractivity contribution < 1.29 is 32.4 Å². The molecule has 8 nitrogen and oxygen atoms in total. The van der Waals surface area contributed by atoms with Crippen LogP contribution in [-0.4, -0.2) is 34.3 Å². The number of nitro benzene ring substituents is 1. The fourth-order valence-electron chi connectivity index (χ4n) is 2.12. The number of H-pyrrole nitrogens is 1. The fourth-order valence-corrected chi connectivity index (χ4v) is 2.12. The maximum absolute atomic E-state index is 12.7. The highest BCUT2D eigenvalue weighted by Gasteiger charge is 2.33. The van der Waals surface area contributed by atoms with Gasteiger partial charge in [-0.25, -0.2) is 4.79 Å². The molecule has 1 aromatic carbocycles. The topological polar surface area (TPSA) is 114 Å². The molecule has 0 spiro atoms. The number of ketones is 1. The summed E-state index contributed by atoms with van der Waals surface area (Å²) in [4.78, 5) is 36.4. The maximum atomic E-state index is 12.7. The molecule has 0 fully saturated rings. The van der Waals surface area contributed by atoms with Gasteiger partial charge in [0.05, 0.1) is 16.2 Å². The smallest absolute Gasteiger partial charge is 0.416 e. The largest absolute Gasteiger partial charge is 0.456 e. The van der Waals surface area contributed by atoms with Crippen molar-refractivity contribution >= 4 is 23.1 Å². The Bertz CT molecular complexity index is 849. The molecular weight excluding hydrogens is 371 g/mol. The van der Waals surface area contributed by atoms with E-state index in [1.165, 1.54) is 19.2 Å². The summed E-state index contributed by atoms with van der Waals surface area (Å²) in [6.45, 7) is 0.739. The zero-order valence-corrected chi connectivity index (χ0v) is 13.9. The van der Waals surface area contributed by atoms with Crippen LogP contribution in [0.2, 0.25) is 0 Å². The van der Waals surface area contributed by atoms with Crippen molar-refractivity contribution in [3.05, 3.63) is 57.9 Å². The quantitative estimate of drug-likeness (QED) is 0.327. The summed E-state index contributed by atoms with van der Waals surface area (Å²) in [5.41, 5.74) is -2.08. The zero-order valence-electron chi connectivity index (χ0n) is 13.9. The van der Waals surface area contributed by atoms with Gasteiger partial charge in [0.2, 0.25) is 5.78 Å². The molecule has 0 amide bonds. The van der Waals surface area contributed by atoms with E-state index >= 15 is 0 Å². The third-order valence-corrected chi connectivity index (χ3v) is 3.49. The number of hydrogen-bond acceptors (Lipinski definition) is 6. The number of aromatic nitrogens is 1. The van der Waals surface area contributed by atoms with E-state index < -0.39 is 46.8 Å². The Morgan fingerprint density at radius 2 is 2.04 bits per heavy atom. The molecule has 27 heavy (non-hydrogen) atoms. The maximum Gasteiger partial charge on any atom is 0.416 e. The van der Waals surface area contributed by atoms with Crippen LogP contribution < -0.4 is 5.32 Å². The van der Waals surface area contributed by atoms with Gasteiger partial charge in [-0.1, -0.05) is 0 Å². The summed E-state index contributed by atoms with van der Waals surface area (Å²) in [6, 6.07) is 3.82. The van der Waals surface area contributed by atoms with Gasteiger partial charge in [0, 0.05) is 12.3 Å². The zero-order chi connectivity index (χ0) is 20.2. The van der Waals surface area contributed by atoms with Gasteiger partial charge in [-0.2, -0.15) is 13.2 Å². The second-order valence-corrected chi connectivity index (χ2v) is 5.47. The first-order chi connectivity index (χ1) is 12.6. The molecule has 0 aliphatic rings.